The van der Waals surface area contributed by atoms with Crippen LogP contribution in [0.25, 0.3) is 0 Å². The highest BCUT2D eigenvalue weighted by Crippen LogP contribution is 2.15. The van der Waals surface area contributed by atoms with E-state index >= 15 is 0 Å². The number of ether oxygens (including phenoxy) is 1. The minimum Gasteiger partial charge on any atom is -0.484 e. The summed E-state index contributed by atoms with van der Waals surface area (Å²) in [6.07, 6.45) is 0. The van der Waals surface area contributed by atoms with Crippen LogP contribution in [0.4, 0.5) is 5.69 Å². The van der Waals surface area contributed by atoms with Crippen molar-refractivity contribution in [2.75, 3.05) is 11.9 Å². The van der Waals surface area contributed by atoms with Crippen molar-refractivity contribution in [2.45, 2.75) is 13.8 Å². The molecule has 0 bridgehead atoms. The summed E-state index contributed by atoms with van der Waals surface area (Å²) in [6.45, 7) is 3.73. The molecule has 2 aromatic rings. The molecule has 0 saturated heterocycles. The van der Waals surface area contributed by atoms with E-state index < -0.39 is 5.97 Å². The number of hydrogen-bond acceptors (Lipinski definition) is 3. The van der Waals surface area contributed by atoms with Gasteiger partial charge in [0.2, 0.25) is 0 Å². The molecule has 22 heavy (non-hydrogen) atoms. The first kappa shape index (κ1) is 15.6. The van der Waals surface area contributed by atoms with Gasteiger partial charge in [-0.1, -0.05) is 12.1 Å². The number of carbonyl (C=O) groups excluding carboxylic acids is 1. The van der Waals surface area contributed by atoms with Gasteiger partial charge in [0.25, 0.3) is 5.91 Å². The van der Waals surface area contributed by atoms with Crippen LogP contribution >= 0.6 is 0 Å². The summed E-state index contributed by atoms with van der Waals surface area (Å²) >= 11 is 0. The van der Waals surface area contributed by atoms with Gasteiger partial charge < -0.3 is 15.2 Å². The highest BCUT2D eigenvalue weighted by Gasteiger charge is 2.07. The lowest BCUT2D eigenvalue weighted by Crippen LogP contribution is -2.20. The van der Waals surface area contributed by atoms with E-state index in [1.165, 1.54) is 12.1 Å². The van der Waals surface area contributed by atoms with Gasteiger partial charge in [-0.05, 0) is 55.3 Å². The number of aryl methyl sites for hydroxylation is 2. The molecule has 114 valence electrons. The van der Waals surface area contributed by atoms with Gasteiger partial charge in [-0.25, -0.2) is 4.79 Å². The Morgan fingerprint density at radius 3 is 2.41 bits per heavy atom. The zero-order valence-corrected chi connectivity index (χ0v) is 12.4. The van der Waals surface area contributed by atoms with E-state index in [2.05, 4.69) is 5.32 Å². The van der Waals surface area contributed by atoms with E-state index in [-0.39, 0.29) is 18.1 Å². The molecule has 0 aliphatic carbocycles. The summed E-state index contributed by atoms with van der Waals surface area (Å²) in [7, 11) is 0. The third-order valence-corrected chi connectivity index (χ3v) is 2.96. The fourth-order valence-corrected chi connectivity index (χ4v) is 2.11. The van der Waals surface area contributed by atoms with E-state index in [1.54, 1.807) is 12.1 Å². The molecule has 0 atom stereocenters. The van der Waals surface area contributed by atoms with Crippen molar-refractivity contribution >= 4 is 17.6 Å². The molecule has 0 aromatic heterocycles. The summed E-state index contributed by atoms with van der Waals surface area (Å²) in [6, 6.07) is 11.8. The van der Waals surface area contributed by atoms with E-state index in [4.69, 9.17) is 9.84 Å². The van der Waals surface area contributed by atoms with E-state index in [1.807, 2.05) is 32.0 Å². The van der Waals surface area contributed by atoms with E-state index in [0.717, 1.165) is 11.1 Å². The molecule has 1 amide bonds. The Labute approximate surface area is 128 Å². The van der Waals surface area contributed by atoms with Gasteiger partial charge in [0.1, 0.15) is 5.75 Å². The topological polar surface area (TPSA) is 75.6 Å². The van der Waals surface area contributed by atoms with Crippen molar-refractivity contribution in [3.05, 3.63) is 59.2 Å². The average molecular weight is 299 g/mol. The minimum atomic E-state index is -1.04. The highest BCUT2D eigenvalue weighted by molar-refractivity contribution is 5.92. The fourth-order valence-electron chi connectivity index (χ4n) is 2.11. The standard InChI is InChI=1S/C17H17NO4/c1-11-6-12(2)8-14(7-11)18-16(19)10-22-15-5-3-4-13(9-15)17(20)21/h3-9H,10H2,1-2H3,(H,18,19)(H,20,21). The fraction of sp³-hybridized carbons (Fsp3) is 0.176. The lowest BCUT2D eigenvalue weighted by Gasteiger charge is -2.09. The smallest absolute Gasteiger partial charge is 0.335 e. The van der Waals surface area contributed by atoms with Gasteiger partial charge in [0.15, 0.2) is 6.61 Å². The first-order valence-electron chi connectivity index (χ1n) is 6.78. The van der Waals surface area contributed by atoms with Crippen LogP contribution in [0.3, 0.4) is 0 Å². The van der Waals surface area contributed by atoms with Crippen LogP contribution in [0.5, 0.6) is 5.75 Å². The van der Waals surface area contributed by atoms with Crippen molar-refractivity contribution < 1.29 is 19.4 Å². The molecule has 0 aliphatic heterocycles. The van der Waals surface area contributed by atoms with Crippen LogP contribution in [0.2, 0.25) is 0 Å². The van der Waals surface area contributed by atoms with Crippen LogP contribution in [0.15, 0.2) is 42.5 Å². The number of carbonyl (C=O) groups is 2. The minimum absolute atomic E-state index is 0.118. The summed E-state index contributed by atoms with van der Waals surface area (Å²) in [5.74, 6) is -0.994. The lowest BCUT2D eigenvalue weighted by molar-refractivity contribution is -0.118. The maximum atomic E-state index is 11.9. The molecule has 0 fully saturated rings. The molecule has 0 aliphatic rings. The molecule has 2 aromatic carbocycles. The third-order valence-electron chi connectivity index (χ3n) is 2.96. The van der Waals surface area contributed by atoms with Crippen molar-refractivity contribution in [1.29, 1.82) is 0 Å². The predicted molar refractivity (Wildman–Crippen MR) is 83.4 cm³/mol. The van der Waals surface area contributed by atoms with Gasteiger partial charge in [-0.15, -0.1) is 0 Å². The van der Waals surface area contributed by atoms with Crippen LogP contribution < -0.4 is 10.1 Å². The summed E-state index contributed by atoms with van der Waals surface area (Å²) < 4.78 is 5.32. The van der Waals surface area contributed by atoms with Gasteiger partial charge in [0.05, 0.1) is 5.56 Å². The summed E-state index contributed by atoms with van der Waals surface area (Å²) in [5, 5.41) is 11.6. The Kier molecular flexibility index (Phi) is 4.78. The molecule has 5 heteroatoms. The maximum absolute atomic E-state index is 11.9. The number of rotatable bonds is 5. The quantitative estimate of drug-likeness (QED) is 0.890. The molecule has 0 saturated carbocycles. The molecular formula is C17H17NO4. The number of carboxylic acid groups (broad SMARTS) is 1. The number of benzene rings is 2. The zero-order valence-electron chi connectivity index (χ0n) is 12.4. The lowest BCUT2D eigenvalue weighted by atomic mass is 10.1. The predicted octanol–water partition coefficient (Wildman–Crippen LogP) is 3.02. The average Bonchev–Trinajstić information content (AvgIpc) is 2.44. The Morgan fingerprint density at radius 1 is 1.09 bits per heavy atom. The number of aromatic carboxylic acids is 1. The molecule has 5 nitrogen and oxygen atoms in total. The monoisotopic (exact) mass is 299 g/mol. The Bertz CT molecular complexity index is 689. The van der Waals surface area contributed by atoms with Crippen molar-refractivity contribution in [3.8, 4) is 5.75 Å². The second-order valence-corrected chi connectivity index (χ2v) is 5.05. The number of amides is 1. The SMILES string of the molecule is Cc1cc(C)cc(NC(=O)COc2cccc(C(=O)O)c2)c1. The van der Waals surface area contributed by atoms with Crippen molar-refractivity contribution in [1.82, 2.24) is 0 Å². The van der Waals surface area contributed by atoms with Crippen LogP contribution in [0, 0.1) is 13.8 Å². The van der Waals surface area contributed by atoms with E-state index in [9.17, 15) is 9.59 Å². The Hall–Kier alpha value is -2.82. The molecule has 0 heterocycles. The normalized spacial score (nSPS) is 10.1. The zero-order chi connectivity index (χ0) is 16.1. The Morgan fingerprint density at radius 2 is 1.77 bits per heavy atom. The van der Waals surface area contributed by atoms with Crippen LogP contribution in [0.1, 0.15) is 21.5 Å². The molecular weight excluding hydrogens is 282 g/mol. The second kappa shape index (κ2) is 6.76. The number of anilines is 1. The van der Waals surface area contributed by atoms with Crippen LogP contribution in [-0.2, 0) is 4.79 Å². The largest absolute Gasteiger partial charge is 0.484 e. The Balaban J connectivity index is 1.95. The van der Waals surface area contributed by atoms with Gasteiger partial charge in [0, 0.05) is 5.69 Å². The highest BCUT2D eigenvalue weighted by atomic mass is 16.5. The number of hydrogen-bond donors (Lipinski definition) is 2. The molecule has 2 N–H and O–H groups in total. The molecule has 2 rings (SSSR count). The van der Waals surface area contributed by atoms with E-state index in [0.29, 0.717) is 11.4 Å². The number of carboxylic acids is 1. The molecule has 0 spiro atoms. The first-order valence-corrected chi connectivity index (χ1v) is 6.78. The second-order valence-electron chi connectivity index (χ2n) is 5.05. The molecule has 0 unspecified atom stereocenters. The number of nitrogens with one attached hydrogen (secondary N) is 1. The van der Waals surface area contributed by atoms with Crippen molar-refractivity contribution in [3.63, 3.8) is 0 Å². The maximum Gasteiger partial charge on any atom is 0.335 e. The third kappa shape index (κ3) is 4.34. The summed E-state index contributed by atoms with van der Waals surface area (Å²) in [4.78, 5) is 22.7. The first-order chi connectivity index (χ1) is 10.4. The van der Waals surface area contributed by atoms with Gasteiger partial charge in [-0.2, -0.15) is 0 Å². The van der Waals surface area contributed by atoms with Crippen LogP contribution in [-0.4, -0.2) is 23.6 Å². The van der Waals surface area contributed by atoms with Gasteiger partial charge in [-0.3, -0.25) is 4.79 Å². The van der Waals surface area contributed by atoms with Crippen molar-refractivity contribution in [2.24, 2.45) is 0 Å². The summed E-state index contributed by atoms with van der Waals surface area (Å²) in [5.41, 5.74) is 2.95. The molecule has 0 radical (unpaired) electrons. The van der Waals surface area contributed by atoms with Gasteiger partial charge >= 0.3 is 5.97 Å².